The van der Waals surface area contributed by atoms with Crippen LogP contribution in [0.4, 0.5) is 0 Å². The minimum atomic E-state index is -1.48. The van der Waals surface area contributed by atoms with Gasteiger partial charge in [0.15, 0.2) is 5.76 Å². The van der Waals surface area contributed by atoms with Crippen LogP contribution in [0.3, 0.4) is 0 Å². The van der Waals surface area contributed by atoms with Crippen molar-refractivity contribution in [3.05, 3.63) is 35.3 Å². The number of carbonyl (C=O) groups excluding carboxylic acids is 1. The van der Waals surface area contributed by atoms with Gasteiger partial charge in [-0.05, 0) is 24.0 Å². The molecule has 0 amide bonds. The SMILES string of the molecule is O=C(O)c1cc(O)ccc1O.O=C1O[C@H]([C@@H](O)CO)C([O-])=C1O.[Na+]. The molecule has 1 aliphatic heterocycles. The molecule has 0 saturated heterocycles. The third-order valence-electron chi connectivity index (χ3n) is 2.67. The van der Waals surface area contributed by atoms with Crippen LogP contribution >= 0.6 is 0 Å². The molecule has 6 N–H and O–H groups in total. The van der Waals surface area contributed by atoms with Crippen molar-refractivity contribution in [2.45, 2.75) is 12.2 Å². The van der Waals surface area contributed by atoms with E-state index in [1.807, 2.05) is 0 Å². The first-order valence-electron chi connectivity index (χ1n) is 6.04. The minimum absolute atomic E-state index is 0. The predicted molar refractivity (Wildman–Crippen MR) is 69.4 cm³/mol. The predicted octanol–water partition coefficient (Wildman–Crippen LogP) is -4.81. The Labute approximate surface area is 157 Å². The number of hydrogen-bond donors (Lipinski definition) is 6. The number of hydrogen-bond acceptors (Lipinski definition) is 9. The van der Waals surface area contributed by atoms with Gasteiger partial charge in [-0.2, -0.15) is 0 Å². The summed E-state index contributed by atoms with van der Waals surface area (Å²) in [6, 6.07) is 3.32. The minimum Gasteiger partial charge on any atom is -0.870 e. The molecule has 0 spiro atoms. The number of benzene rings is 1. The summed E-state index contributed by atoms with van der Waals surface area (Å²) in [7, 11) is 0. The molecule has 0 bridgehead atoms. The molecule has 0 fully saturated rings. The van der Waals surface area contributed by atoms with Crippen LogP contribution in [0.15, 0.2) is 29.7 Å². The van der Waals surface area contributed by atoms with Crippen molar-refractivity contribution in [2.75, 3.05) is 6.61 Å². The summed E-state index contributed by atoms with van der Waals surface area (Å²) in [5.41, 5.74) is -0.301. The molecule has 1 aromatic rings. The van der Waals surface area contributed by atoms with Gasteiger partial charge >= 0.3 is 41.5 Å². The van der Waals surface area contributed by atoms with Crippen molar-refractivity contribution < 1.29 is 79.6 Å². The van der Waals surface area contributed by atoms with Crippen molar-refractivity contribution in [3.8, 4) is 11.5 Å². The van der Waals surface area contributed by atoms with Crippen LogP contribution in [0.25, 0.3) is 0 Å². The molecule has 2 rings (SSSR count). The van der Waals surface area contributed by atoms with Crippen molar-refractivity contribution in [1.82, 2.24) is 0 Å². The summed E-state index contributed by atoms with van der Waals surface area (Å²) in [6.07, 6.45) is -2.95. The molecule has 1 heterocycles. The molecule has 126 valence electrons. The first kappa shape index (κ1) is 22.0. The zero-order chi connectivity index (χ0) is 17.7. The van der Waals surface area contributed by atoms with Crippen LogP contribution in [0.2, 0.25) is 0 Å². The molecule has 1 aromatic carbocycles. The zero-order valence-electron chi connectivity index (χ0n) is 12.4. The van der Waals surface area contributed by atoms with Crippen molar-refractivity contribution >= 4 is 11.9 Å². The van der Waals surface area contributed by atoms with Crippen LogP contribution in [-0.2, 0) is 9.53 Å². The van der Waals surface area contributed by atoms with E-state index in [-0.39, 0.29) is 46.6 Å². The van der Waals surface area contributed by atoms with Crippen LogP contribution in [0.1, 0.15) is 10.4 Å². The van der Waals surface area contributed by atoms with E-state index in [9.17, 15) is 14.7 Å². The number of esters is 1. The largest absolute Gasteiger partial charge is 1.00 e. The normalized spacial score (nSPS) is 17.2. The second-order valence-electron chi connectivity index (χ2n) is 4.30. The summed E-state index contributed by atoms with van der Waals surface area (Å²) >= 11 is 0. The van der Waals surface area contributed by atoms with Crippen LogP contribution in [-0.4, -0.2) is 61.4 Å². The number of ether oxygens (including phenoxy) is 1. The zero-order valence-corrected chi connectivity index (χ0v) is 14.4. The molecular weight excluding hydrogens is 339 g/mol. The number of phenols is 2. The van der Waals surface area contributed by atoms with Gasteiger partial charge < -0.3 is 40.5 Å². The fraction of sp³-hybridized carbons (Fsp3) is 0.231. The topological polar surface area (TPSA) is 188 Å². The molecule has 0 unspecified atom stereocenters. The van der Waals surface area contributed by atoms with E-state index in [1.165, 1.54) is 6.07 Å². The number of carbonyl (C=O) groups is 2. The van der Waals surface area contributed by atoms with Crippen molar-refractivity contribution in [1.29, 1.82) is 0 Å². The molecule has 0 radical (unpaired) electrons. The van der Waals surface area contributed by atoms with Gasteiger partial charge in [-0.3, -0.25) is 0 Å². The van der Waals surface area contributed by atoms with Gasteiger partial charge in [0, 0.05) is 0 Å². The van der Waals surface area contributed by atoms with E-state index in [2.05, 4.69) is 4.74 Å². The average Bonchev–Trinajstić information content (AvgIpc) is 2.77. The Morgan fingerprint density at radius 2 is 1.88 bits per heavy atom. The van der Waals surface area contributed by atoms with E-state index in [0.717, 1.165) is 12.1 Å². The Morgan fingerprint density at radius 3 is 2.25 bits per heavy atom. The number of aliphatic hydroxyl groups excluding tert-OH is 3. The Balaban J connectivity index is 0.000000425. The summed E-state index contributed by atoms with van der Waals surface area (Å²) in [4.78, 5) is 20.8. The third kappa shape index (κ3) is 5.28. The third-order valence-corrected chi connectivity index (χ3v) is 2.67. The Hall–Kier alpha value is -1.98. The van der Waals surface area contributed by atoms with E-state index < -0.39 is 42.3 Å². The molecule has 10 nitrogen and oxygen atoms in total. The first-order chi connectivity index (χ1) is 10.7. The second kappa shape index (κ2) is 9.35. The maximum Gasteiger partial charge on any atom is 1.00 e. The van der Waals surface area contributed by atoms with Gasteiger partial charge in [-0.1, -0.05) is 0 Å². The second-order valence-corrected chi connectivity index (χ2v) is 4.30. The van der Waals surface area contributed by atoms with Gasteiger partial charge in [0.05, 0.1) is 6.61 Å². The monoisotopic (exact) mass is 352 g/mol. The van der Waals surface area contributed by atoms with Gasteiger partial charge in [-0.15, -0.1) is 0 Å². The number of cyclic esters (lactones) is 1. The smallest absolute Gasteiger partial charge is 0.870 e. The quantitative estimate of drug-likeness (QED) is 0.175. The molecule has 0 aliphatic carbocycles. The number of carboxylic acids is 1. The molecule has 24 heavy (non-hydrogen) atoms. The number of phenolic OH excluding ortho intramolecular Hbond substituents is 1. The molecule has 0 aromatic heterocycles. The van der Waals surface area contributed by atoms with Gasteiger partial charge in [0.25, 0.3) is 0 Å². The molecule has 0 saturated carbocycles. The number of rotatable bonds is 3. The maximum atomic E-state index is 10.8. The van der Waals surface area contributed by atoms with Crippen LogP contribution < -0.4 is 34.7 Å². The van der Waals surface area contributed by atoms with E-state index in [0.29, 0.717) is 0 Å². The van der Waals surface area contributed by atoms with Crippen molar-refractivity contribution in [3.63, 3.8) is 0 Å². The van der Waals surface area contributed by atoms with E-state index in [4.69, 9.17) is 30.6 Å². The van der Waals surface area contributed by atoms with E-state index in [1.54, 1.807) is 0 Å². The molecular formula is C13H13NaO10. The average molecular weight is 352 g/mol. The number of aliphatic hydroxyl groups is 3. The Morgan fingerprint density at radius 1 is 1.29 bits per heavy atom. The van der Waals surface area contributed by atoms with E-state index >= 15 is 0 Å². The number of carboxylic acid groups (broad SMARTS) is 1. The summed E-state index contributed by atoms with van der Waals surface area (Å²) < 4.78 is 4.25. The molecule has 1 aliphatic rings. The summed E-state index contributed by atoms with van der Waals surface area (Å²) in [6.45, 7) is -0.711. The van der Waals surface area contributed by atoms with Gasteiger partial charge in [0.1, 0.15) is 29.3 Å². The maximum absolute atomic E-state index is 10.8. The fourth-order valence-corrected chi connectivity index (χ4v) is 1.50. The fourth-order valence-electron chi connectivity index (χ4n) is 1.50. The Kier molecular flexibility index (Phi) is 8.58. The van der Waals surface area contributed by atoms with Crippen molar-refractivity contribution in [2.24, 2.45) is 0 Å². The molecule has 2 atom stereocenters. The summed E-state index contributed by atoms with van der Waals surface area (Å²) in [5, 5.41) is 62.9. The first-order valence-corrected chi connectivity index (χ1v) is 6.04. The Bertz CT molecular complexity index is 642. The van der Waals surface area contributed by atoms with Crippen LogP contribution in [0.5, 0.6) is 11.5 Å². The number of aromatic hydroxyl groups is 2. The van der Waals surface area contributed by atoms with Gasteiger partial charge in [-0.25, -0.2) is 9.59 Å². The molecule has 11 heteroatoms. The van der Waals surface area contributed by atoms with Crippen LogP contribution in [0, 0.1) is 0 Å². The standard InChI is InChI=1S/C7H6O4.C6H8O6.Na/c8-4-1-2-6(9)5(3-4)7(10)11;7-1-2(8)5-3(9)4(10)6(11)12-5;/h1-3,8-9H,(H,10,11);2,5,7-10H,1H2;/q;;+1/p-1/t;2-,5+;/m.0./s1. The number of aromatic carboxylic acids is 1. The van der Waals surface area contributed by atoms with Gasteiger partial charge in [0.2, 0.25) is 0 Å². The summed E-state index contributed by atoms with van der Waals surface area (Å²) in [5.74, 6) is -5.00.